The van der Waals surface area contributed by atoms with Crippen LogP contribution >= 0.6 is 0 Å². The molecule has 1 aliphatic heterocycles. The lowest BCUT2D eigenvalue weighted by Gasteiger charge is -2.33. The minimum atomic E-state index is -0.870. The van der Waals surface area contributed by atoms with Crippen molar-refractivity contribution in [2.45, 2.75) is 0 Å². The number of hydrogen-bond donors (Lipinski definition) is 1. The second-order valence-electron chi connectivity index (χ2n) is 5.42. The average molecular weight is 335 g/mol. The molecule has 1 aromatic carbocycles. The zero-order valence-electron chi connectivity index (χ0n) is 12.7. The fraction of sp³-hybridized carbons (Fsp3) is 0.333. The van der Waals surface area contributed by atoms with E-state index in [1.54, 1.807) is 0 Å². The highest BCUT2D eigenvalue weighted by atomic mass is 19.1. The van der Waals surface area contributed by atoms with Crippen molar-refractivity contribution in [1.82, 2.24) is 20.1 Å². The molecule has 0 amide bonds. The molecule has 3 rings (SSSR count). The molecule has 2 aromatic rings. The molecule has 0 radical (unpaired) electrons. The Morgan fingerprint density at radius 3 is 2.67 bits per heavy atom. The zero-order chi connectivity index (χ0) is 17.1. The van der Waals surface area contributed by atoms with Gasteiger partial charge in [0.25, 0.3) is 0 Å². The first-order valence-corrected chi connectivity index (χ1v) is 7.37. The van der Waals surface area contributed by atoms with Crippen LogP contribution in [0, 0.1) is 11.6 Å². The summed E-state index contributed by atoms with van der Waals surface area (Å²) < 4.78 is 27.2. The summed E-state index contributed by atoms with van der Waals surface area (Å²) in [6, 6.07) is 3.14. The number of carboxylic acid groups (broad SMARTS) is 1. The van der Waals surface area contributed by atoms with Crippen molar-refractivity contribution < 1.29 is 18.7 Å². The van der Waals surface area contributed by atoms with Gasteiger partial charge in [-0.3, -0.25) is 9.69 Å². The molecule has 0 bridgehead atoms. The third-order valence-corrected chi connectivity index (χ3v) is 3.77. The van der Waals surface area contributed by atoms with Crippen molar-refractivity contribution in [2.24, 2.45) is 0 Å². The van der Waals surface area contributed by atoms with Crippen molar-refractivity contribution in [1.29, 1.82) is 0 Å². The molecular weight excluding hydrogens is 320 g/mol. The van der Waals surface area contributed by atoms with Crippen molar-refractivity contribution in [2.75, 3.05) is 37.6 Å². The largest absolute Gasteiger partial charge is 0.480 e. The summed E-state index contributed by atoms with van der Waals surface area (Å²) in [5.41, 5.74) is 0.223. The highest BCUT2D eigenvalue weighted by Gasteiger charge is 2.21. The lowest BCUT2D eigenvalue weighted by molar-refractivity contribution is -0.138. The van der Waals surface area contributed by atoms with Gasteiger partial charge in [0, 0.05) is 31.7 Å². The number of halogens is 2. The van der Waals surface area contributed by atoms with E-state index in [4.69, 9.17) is 5.11 Å². The Balaban J connectivity index is 1.77. The molecule has 1 saturated heterocycles. The van der Waals surface area contributed by atoms with Crippen LogP contribution in [0.3, 0.4) is 0 Å². The topological polar surface area (TPSA) is 82.5 Å². The Morgan fingerprint density at radius 1 is 1.21 bits per heavy atom. The van der Waals surface area contributed by atoms with E-state index in [-0.39, 0.29) is 17.8 Å². The molecule has 0 saturated carbocycles. The minimum Gasteiger partial charge on any atom is -0.480 e. The molecular formula is C15H15F2N5O2. The van der Waals surface area contributed by atoms with E-state index < -0.39 is 17.6 Å². The molecule has 0 atom stereocenters. The maximum atomic E-state index is 13.9. The number of hydrogen-bond acceptors (Lipinski definition) is 6. The summed E-state index contributed by atoms with van der Waals surface area (Å²) >= 11 is 0. The number of anilines is 1. The SMILES string of the molecule is O=C(O)CN1CCN(c2nncc(-c3cc(F)ccc3F)n2)CC1. The van der Waals surface area contributed by atoms with Crippen molar-refractivity contribution in [3.05, 3.63) is 36.0 Å². The molecule has 1 aliphatic rings. The number of carbonyl (C=O) groups is 1. The molecule has 1 aromatic heterocycles. The summed E-state index contributed by atoms with van der Waals surface area (Å²) in [6.07, 6.45) is 1.28. The van der Waals surface area contributed by atoms with Gasteiger partial charge >= 0.3 is 5.97 Å². The summed E-state index contributed by atoms with van der Waals surface area (Å²) in [5.74, 6) is -1.71. The highest BCUT2D eigenvalue weighted by Crippen LogP contribution is 2.22. The van der Waals surface area contributed by atoms with Crippen molar-refractivity contribution in [3.63, 3.8) is 0 Å². The van der Waals surface area contributed by atoms with E-state index in [0.717, 1.165) is 18.2 Å². The average Bonchev–Trinajstić information content (AvgIpc) is 2.57. The third kappa shape index (κ3) is 3.62. The number of rotatable bonds is 4. The van der Waals surface area contributed by atoms with E-state index in [2.05, 4.69) is 15.2 Å². The van der Waals surface area contributed by atoms with Gasteiger partial charge in [0.1, 0.15) is 11.6 Å². The van der Waals surface area contributed by atoms with E-state index in [1.165, 1.54) is 6.20 Å². The predicted octanol–water partition coefficient (Wildman–Crippen LogP) is 1.02. The van der Waals surface area contributed by atoms with Crippen LogP contribution in [-0.2, 0) is 4.79 Å². The summed E-state index contributed by atoms with van der Waals surface area (Å²) in [7, 11) is 0. The quantitative estimate of drug-likeness (QED) is 0.893. The summed E-state index contributed by atoms with van der Waals surface area (Å²) in [4.78, 5) is 18.6. The first-order valence-electron chi connectivity index (χ1n) is 7.37. The molecule has 0 spiro atoms. The van der Waals surface area contributed by atoms with Crippen LogP contribution < -0.4 is 4.90 Å². The lowest BCUT2D eigenvalue weighted by atomic mass is 10.1. The standard InChI is InChI=1S/C15H15F2N5O2/c16-10-1-2-12(17)11(7-10)13-8-18-20-15(19-13)22-5-3-21(4-6-22)9-14(23)24/h1-2,7-8H,3-6,9H2,(H,23,24). The number of aromatic nitrogens is 3. The Bertz CT molecular complexity index is 750. The number of piperazine rings is 1. The van der Waals surface area contributed by atoms with Gasteiger partial charge in [0.05, 0.1) is 18.4 Å². The minimum absolute atomic E-state index is 0.0124. The Hall–Kier alpha value is -2.68. The van der Waals surface area contributed by atoms with E-state index in [0.29, 0.717) is 32.1 Å². The van der Waals surface area contributed by atoms with Gasteiger partial charge in [0.2, 0.25) is 5.95 Å². The molecule has 2 heterocycles. The lowest BCUT2D eigenvalue weighted by Crippen LogP contribution is -2.48. The first-order chi connectivity index (χ1) is 11.5. The highest BCUT2D eigenvalue weighted by molar-refractivity contribution is 5.69. The molecule has 1 N–H and O–H groups in total. The smallest absolute Gasteiger partial charge is 0.317 e. The van der Waals surface area contributed by atoms with Gasteiger partial charge in [-0.05, 0) is 18.2 Å². The maximum absolute atomic E-state index is 13.9. The summed E-state index contributed by atoms with van der Waals surface area (Å²) in [6.45, 7) is 2.15. The molecule has 9 heteroatoms. The van der Waals surface area contributed by atoms with Crippen LogP contribution in [0.1, 0.15) is 0 Å². The second-order valence-corrected chi connectivity index (χ2v) is 5.42. The van der Waals surface area contributed by atoms with Gasteiger partial charge in [-0.2, -0.15) is 5.10 Å². The van der Waals surface area contributed by atoms with E-state index in [1.807, 2.05) is 9.80 Å². The fourth-order valence-electron chi connectivity index (χ4n) is 2.55. The van der Waals surface area contributed by atoms with Gasteiger partial charge in [-0.25, -0.2) is 13.8 Å². The molecule has 1 fully saturated rings. The molecule has 7 nitrogen and oxygen atoms in total. The molecule has 126 valence electrons. The Kier molecular flexibility index (Phi) is 4.61. The third-order valence-electron chi connectivity index (χ3n) is 3.77. The molecule has 24 heavy (non-hydrogen) atoms. The van der Waals surface area contributed by atoms with Crippen LogP contribution in [0.4, 0.5) is 14.7 Å². The first kappa shape index (κ1) is 16.2. The van der Waals surface area contributed by atoms with Gasteiger partial charge in [0.15, 0.2) is 0 Å². The Labute approximate surface area is 136 Å². The van der Waals surface area contributed by atoms with E-state index >= 15 is 0 Å². The molecule has 0 aliphatic carbocycles. The van der Waals surface area contributed by atoms with E-state index in [9.17, 15) is 13.6 Å². The van der Waals surface area contributed by atoms with Crippen molar-refractivity contribution >= 4 is 11.9 Å². The van der Waals surface area contributed by atoms with Crippen molar-refractivity contribution in [3.8, 4) is 11.3 Å². The van der Waals surface area contributed by atoms with Crippen LogP contribution in [0.5, 0.6) is 0 Å². The predicted molar refractivity (Wildman–Crippen MR) is 81.5 cm³/mol. The second kappa shape index (κ2) is 6.83. The van der Waals surface area contributed by atoms with Gasteiger partial charge < -0.3 is 10.0 Å². The monoisotopic (exact) mass is 335 g/mol. The number of carboxylic acids is 1. The fourth-order valence-corrected chi connectivity index (χ4v) is 2.55. The molecule has 0 unspecified atom stereocenters. The summed E-state index contributed by atoms with van der Waals surface area (Å²) in [5, 5.41) is 16.6. The van der Waals surface area contributed by atoms with Gasteiger partial charge in [-0.15, -0.1) is 5.10 Å². The number of benzene rings is 1. The van der Waals surface area contributed by atoms with Crippen LogP contribution in [0.15, 0.2) is 24.4 Å². The number of aliphatic carboxylic acids is 1. The van der Waals surface area contributed by atoms with Crippen LogP contribution in [-0.4, -0.2) is 63.9 Å². The zero-order valence-corrected chi connectivity index (χ0v) is 12.7. The van der Waals surface area contributed by atoms with Gasteiger partial charge in [-0.1, -0.05) is 0 Å². The van der Waals surface area contributed by atoms with Crippen LogP contribution in [0.2, 0.25) is 0 Å². The Morgan fingerprint density at radius 2 is 1.96 bits per heavy atom. The maximum Gasteiger partial charge on any atom is 0.317 e. The normalized spacial score (nSPS) is 15.5. The van der Waals surface area contributed by atoms with Crippen LogP contribution in [0.25, 0.3) is 11.3 Å². The number of nitrogens with zero attached hydrogens (tertiary/aromatic N) is 5.